The topological polar surface area (TPSA) is 49.3 Å². The number of hydrogen-bond donors (Lipinski definition) is 2. The van der Waals surface area contributed by atoms with Gasteiger partial charge < -0.3 is 10.4 Å². The normalized spacial score (nSPS) is 12.7. The fourth-order valence-electron chi connectivity index (χ4n) is 1.12. The van der Waals surface area contributed by atoms with E-state index >= 15 is 0 Å². The molecule has 0 aromatic heterocycles. The smallest absolute Gasteiger partial charge is 0.244 e. The minimum atomic E-state index is -0.567. The van der Waals surface area contributed by atoms with Gasteiger partial charge in [-0.25, -0.2) is 0 Å². The molecule has 0 spiro atoms. The van der Waals surface area contributed by atoms with Crippen molar-refractivity contribution in [2.75, 3.05) is 6.54 Å². The van der Waals surface area contributed by atoms with Crippen molar-refractivity contribution >= 4 is 35.2 Å². The maximum atomic E-state index is 11.3. The van der Waals surface area contributed by atoms with Crippen molar-refractivity contribution in [1.82, 2.24) is 5.32 Å². The second kappa shape index (κ2) is 6.64. The maximum absolute atomic E-state index is 11.3. The van der Waals surface area contributed by atoms with Crippen LogP contribution in [0.2, 0.25) is 10.0 Å². The van der Waals surface area contributed by atoms with E-state index in [1.54, 1.807) is 31.2 Å². The van der Waals surface area contributed by atoms with Gasteiger partial charge in [0.1, 0.15) is 0 Å². The summed E-state index contributed by atoms with van der Waals surface area (Å²) < 4.78 is 0. The number of hydrogen-bond acceptors (Lipinski definition) is 2. The molecule has 1 amide bonds. The van der Waals surface area contributed by atoms with Crippen LogP contribution in [0.25, 0.3) is 6.08 Å². The highest BCUT2D eigenvalue weighted by Crippen LogP contribution is 2.26. The fourth-order valence-corrected chi connectivity index (χ4v) is 1.49. The molecule has 0 unspecified atom stereocenters. The highest BCUT2D eigenvalue weighted by molar-refractivity contribution is 6.42. The fraction of sp³-hybridized carbons (Fsp3) is 0.250. The third-order valence-electron chi connectivity index (χ3n) is 1.97. The van der Waals surface area contributed by atoms with E-state index in [1.165, 1.54) is 6.08 Å². The molecule has 0 aliphatic carbocycles. The van der Waals surface area contributed by atoms with Crippen molar-refractivity contribution in [3.63, 3.8) is 0 Å². The van der Waals surface area contributed by atoms with E-state index in [4.69, 9.17) is 28.3 Å². The van der Waals surface area contributed by atoms with Gasteiger partial charge in [0.05, 0.1) is 16.1 Å². The summed E-state index contributed by atoms with van der Waals surface area (Å²) in [7, 11) is 0. The van der Waals surface area contributed by atoms with Crippen LogP contribution in [0.1, 0.15) is 12.5 Å². The molecule has 2 N–H and O–H groups in total. The molecule has 17 heavy (non-hydrogen) atoms. The molecule has 5 heteroatoms. The lowest BCUT2D eigenvalue weighted by atomic mass is 10.2. The Hall–Kier alpha value is -1.03. The Bertz CT molecular complexity index is 431. The lowest BCUT2D eigenvalue weighted by molar-refractivity contribution is -0.116. The maximum Gasteiger partial charge on any atom is 0.244 e. The van der Waals surface area contributed by atoms with Crippen LogP contribution < -0.4 is 5.32 Å². The summed E-state index contributed by atoms with van der Waals surface area (Å²) >= 11 is 11.8. The van der Waals surface area contributed by atoms with Crippen LogP contribution in [0.3, 0.4) is 0 Å². The number of benzene rings is 1. The number of aliphatic hydroxyl groups excluding tert-OH is 1. The first kappa shape index (κ1) is 14.0. The molecule has 0 saturated carbocycles. The van der Waals surface area contributed by atoms with E-state index in [0.29, 0.717) is 15.6 Å². The van der Waals surface area contributed by atoms with Crippen LogP contribution in [0, 0.1) is 0 Å². The minimum absolute atomic E-state index is 0.215. The molecule has 0 saturated heterocycles. The summed E-state index contributed by atoms with van der Waals surface area (Å²) in [6.45, 7) is 1.81. The summed E-state index contributed by atoms with van der Waals surface area (Å²) in [6.07, 6.45) is 2.35. The SMILES string of the molecule is C[C@@H](O)CNC(=O)/C=C/c1cccc(Cl)c1Cl. The minimum Gasteiger partial charge on any atom is -0.392 e. The van der Waals surface area contributed by atoms with E-state index in [2.05, 4.69) is 5.32 Å². The molecular weight excluding hydrogens is 261 g/mol. The molecule has 92 valence electrons. The van der Waals surface area contributed by atoms with E-state index < -0.39 is 6.10 Å². The first-order valence-electron chi connectivity index (χ1n) is 5.08. The second-order valence-electron chi connectivity index (χ2n) is 3.57. The molecule has 1 atom stereocenters. The van der Waals surface area contributed by atoms with Crippen molar-refractivity contribution in [1.29, 1.82) is 0 Å². The lowest BCUT2D eigenvalue weighted by Gasteiger charge is -2.04. The highest BCUT2D eigenvalue weighted by Gasteiger charge is 2.02. The van der Waals surface area contributed by atoms with Crippen LogP contribution in [-0.4, -0.2) is 23.7 Å². The Kier molecular flexibility index (Phi) is 5.48. The summed E-state index contributed by atoms with van der Waals surface area (Å²) in [5.74, 6) is -0.290. The van der Waals surface area contributed by atoms with Crippen LogP contribution >= 0.6 is 23.2 Å². The average molecular weight is 274 g/mol. The molecule has 0 radical (unpaired) electrons. The first-order valence-corrected chi connectivity index (χ1v) is 5.84. The van der Waals surface area contributed by atoms with Crippen molar-refractivity contribution in [3.05, 3.63) is 39.9 Å². The summed E-state index contributed by atoms with van der Waals surface area (Å²) in [5, 5.41) is 12.4. The van der Waals surface area contributed by atoms with E-state index in [1.807, 2.05) is 0 Å². The zero-order valence-electron chi connectivity index (χ0n) is 9.28. The molecule has 0 aliphatic heterocycles. The Balaban J connectivity index is 2.64. The molecule has 0 bridgehead atoms. The Morgan fingerprint density at radius 1 is 1.53 bits per heavy atom. The largest absolute Gasteiger partial charge is 0.392 e. The van der Waals surface area contributed by atoms with Crippen LogP contribution in [0.4, 0.5) is 0 Å². The third-order valence-corrected chi connectivity index (χ3v) is 2.80. The Labute approximate surface area is 110 Å². The monoisotopic (exact) mass is 273 g/mol. The molecule has 0 aliphatic rings. The zero-order chi connectivity index (χ0) is 12.8. The summed E-state index contributed by atoms with van der Waals surface area (Å²) in [4.78, 5) is 11.3. The van der Waals surface area contributed by atoms with E-state index in [-0.39, 0.29) is 12.5 Å². The average Bonchev–Trinajstić information content (AvgIpc) is 2.28. The van der Waals surface area contributed by atoms with E-state index in [9.17, 15) is 4.79 Å². The quantitative estimate of drug-likeness (QED) is 0.829. The predicted molar refractivity (Wildman–Crippen MR) is 70.2 cm³/mol. The second-order valence-corrected chi connectivity index (χ2v) is 4.36. The van der Waals surface area contributed by atoms with Crippen molar-refractivity contribution in [3.8, 4) is 0 Å². The molecule has 1 rings (SSSR count). The van der Waals surface area contributed by atoms with Gasteiger partial charge in [0.2, 0.25) is 5.91 Å². The number of rotatable bonds is 4. The van der Waals surface area contributed by atoms with Gasteiger partial charge in [-0.1, -0.05) is 35.3 Å². The lowest BCUT2D eigenvalue weighted by Crippen LogP contribution is -2.28. The Morgan fingerprint density at radius 2 is 2.24 bits per heavy atom. The molecule has 0 fully saturated rings. The van der Waals surface area contributed by atoms with Gasteiger partial charge in [0.15, 0.2) is 0 Å². The van der Waals surface area contributed by atoms with Gasteiger partial charge in [0.25, 0.3) is 0 Å². The number of carbonyl (C=O) groups excluding carboxylic acids is 1. The first-order chi connectivity index (χ1) is 8.00. The molecule has 0 heterocycles. The van der Waals surface area contributed by atoms with Crippen LogP contribution in [0.15, 0.2) is 24.3 Å². The van der Waals surface area contributed by atoms with Crippen molar-refractivity contribution in [2.24, 2.45) is 0 Å². The van der Waals surface area contributed by atoms with Crippen LogP contribution in [0.5, 0.6) is 0 Å². The summed E-state index contributed by atoms with van der Waals surface area (Å²) in [5.41, 5.74) is 0.673. The standard InChI is InChI=1S/C12H13Cl2NO2/c1-8(16)7-15-11(17)6-5-9-3-2-4-10(13)12(9)14/h2-6,8,16H,7H2,1H3,(H,15,17)/b6-5+/t8-/m1/s1. The van der Waals surface area contributed by atoms with Crippen LogP contribution in [-0.2, 0) is 4.79 Å². The van der Waals surface area contributed by atoms with Crippen molar-refractivity contribution in [2.45, 2.75) is 13.0 Å². The van der Waals surface area contributed by atoms with Gasteiger partial charge in [-0.2, -0.15) is 0 Å². The van der Waals surface area contributed by atoms with E-state index in [0.717, 1.165) is 0 Å². The predicted octanol–water partition coefficient (Wildman–Crippen LogP) is 2.50. The van der Waals surface area contributed by atoms with Gasteiger partial charge in [-0.3, -0.25) is 4.79 Å². The molecular formula is C12H13Cl2NO2. The number of aliphatic hydroxyl groups is 1. The van der Waals surface area contributed by atoms with Gasteiger partial charge in [0, 0.05) is 12.6 Å². The molecule has 1 aromatic rings. The highest BCUT2D eigenvalue weighted by atomic mass is 35.5. The zero-order valence-corrected chi connectivity index (χ0v) is 10.8. The molecule has 1 aromatic carbocycles. The Morgan fingerprint density at radius 3 is 2.88 bits per heavy atom. The number of halogens is 2. The van der Waals surface area contributed by atoms with Gasteiger partial charge >= 0.3 is 0 Å². The molecule has 3 nitrogen and oxygen atoms in total. The van der Waals surface area contributed by atoms with Gasteiger partial charge in [-0.15, -0.1) is 0 Å². The summed E-state index contributed by atoms with van der Waals surface area (Å²) in [6, 6.07) is 5.18. The number of carbonyl (C=O) groups is 1. The number of amides is 1. The van der Waals surface area contributed by atoms with Gasteiger partial charge in [-0.05, 0) is 24.6 Å². The third kappa shape index (κ3) is 4.77. The van der Waals surface area contributed by atoms with Crippen molar-refractivity contribution < 1.29 is 9.90 Å². The number of nitrogens with one attached hydrogen (secondary N) is 1.